The van der Waals surface area contributed by atoms with E-state index < -0.39 is 11.0 Å². The lowest BCUT2D eigenvalue weighted by molar-refractivity contribution is -0.153. The molecule has 0 aliphatic carbocycles. The number of hydrogen-bond donors (Lipinski definition) is 1. The summed E-state index contributed by atoms with van der Waals surface area (Å²) in [6.45, 7) is 7.61. The van der Waals surface area contributed by atoms with E-state index in [-0.39, 0.29) is 5.97 Å². The predicted molar refractivity (Wildman–Crippen MR) is 99.7 cm³/mol. The number of carbonyl (C=O) groups is 1. The number of benzene rings is 1. The number of hydrogen-bond acceptors (Lipinski definition) is 6. The monoisotopic (exact) mass is 353 g/mol. The molecule has 0 saturated carbocycles. The minimum Gasteiger partial charge on any atom is -0.469 e. The van der Waals surface area contributed by atoms with Gasteiger partial charge in [0.15, 0.2) is 0 Å². The lowest BCUT2D eigenvalue weighted by atomic mass is 9.74. The van der Waals surface area contributed by atoms with Gasteiger partial charge in [0.2, 0.25) is 0 Å². The zero-order valence-electron chi connectivity index (χ0n) is 15.6. The maximum absolute atomic E-state index is 12.3. The van der Waals surface area contributed by atoms with Gasteiger partial charge in [0.05, 0.1) is 18.2 Å². The topological polar surface area (TPSA) is 81.4 Å². The van der Waals surface area contributed by atoms with Crippen LogP contribution in [-0.2, 0) is 9.53 Å². The molecule has 136 valence electrons. The molecule has 3 aromatic rings. The Hall–Kier alpha value is -2.96. The number of nitrogens with zero attached hydrogens (tertiary/aromatic N) is 4. The molecule has 2 aromatic heterocycles. The summed E-state index contributed by atoms with van der Waals surface area (Å²) in [6, 6.07) is 11.8. The second-order valence-electron chi connectivity index (χ2n) is 7.23. The summed E-state index contributed by atoms with van der Waals surface area (Å²) in [7, 11) is 1.40. The van der Waals surface area contributed by atoms with Crippen LogP contribution in [0.15, 0.2) is 42.7 Å². The molecule has 1 N–H and O–H groups in total. The molecule has 0 fully saturated rings. The van der Waals surface area contributed by atoms with Gasteiger partial charge in [0.25, 0.3) is 5.78 Å². The van der Waals surface area contributed by atoms with Crippen molar-refractivity contribution < 1.29 is 9.53 Å². The molecular weight excluding hydrogens is 330 g/mol. The Morgan fingerprint density at radius 1 is 1.15 bits per heavy atom. The van der Waals surface area contributed by atoms with Gasteiger partial charge in [-0.1, -0.05) is 30.3 Å². The Morgan fingerprint density at radius 2 is 1.85 bits per heavy atom. The highest BCUT2D eigenvalue weighted by Gasteiger charge is 2.44. The summed E-state index contributed by atoms with van der Waals surface area (Å²) >= 11 is 0. The van der Waals surface area contributed by atoms with E-state index in [9.17, 15) is 4.79 Å². The van der Waals surface area contributed by atoms with Crippen LogP contribution in [0.1, 0.15) is 27.7 Å². The van der Waals surface area contributed by atoms with Crippen molar-refractivity contribution in [2.24, 2.45) is 5.41 Å². The van der Waals surface area contributed by atoms with Crippen LogP contribution in [0.2, 0.25) is 0 Å². The summed E-state index contributed by atoms with van der Waals surface area (Å²) < 4.78 is 6.61. The second kappa shape index (κ2) is 6.40. The summed E-state index contributed by atoms with van der Waals surface area (Å²) in [4.78, 5) is 21.0. The zero-order chi connectivity index (χ0) is 18.9. The van der Waals surface area contributed by atoms with Gasteiger partial charge < -0.3 is 10.1 Å². The van der Waals surface area contributed by atoms with Crippen LogP contribution in [-0.4, -0.2) is 38.2 Å². The number of aromatic nitrogens is 4. The van der Waals surface area contributed by atoms with E-state index in [1.54, 1.807) is 4.52 Å². The number of ether oxygens (including phenoxy) is 1. The van der Waals surface area contributed by atoms with E-state index in [0.717, 1.165) is 11.3 Å². The first-order valence-electron chi connectivity index (χ1n) is 8.39. The zero-order valence-corrected chi connectivity index (χ0v) is 15.6. The average Bonchev–Trinajstić information content (AvgIpc) is 3.10. The normalized spacial score (nSPS) is 12.2. The van der Waals surface area contributed by atoms with Gasteiger partial charge in [0.1, 0.15) is 12.1 Å². The molecule has 2 heterocycles. The molecule has 7 nitrogen and oxygen atoms in total. The van der Waals surface area contributed by atoms with Crippen LogP contribution in [0, 0.1) is 5.41 Å². The van der Waals surface area contributed by atoms with Crippen LogP contribution in [0.4, 0.5) is 5.82 Å². The van der Waals surface area contributed by atoms with E-state index in [0.29, 0.717) is 11.6 Å². The van der Waals surface area contributed by atoms with E-state index in [1.807, 2.05) is 64.1 Å². The number of carbonyl (C=O) groups excluding carboxylic acids is 1. The third-order valence-electron chi connectivity index (χ3n) is 5.02. The first-order valence-corrected chi connectivity index (χ1v) is 8.39. The van der Waals surface area contributed by atoms with Crippen molar-refractivity contribution in [3.05, 3.63) is 42.7 Å². The highest BCUT2D eigenvalue weighted by Crippen LogP contribution is 2.35. The fourth-order valence-electron chi connectivity index (χ4n) is 2.64. The maximum atomic E-state index is 12.3. The Balaban J connectivity index is 2.07. The van der Waals surface area contributed by atoms with E-state index >= 15 is 0 Å². The van der Waals surface area contributed by atoms with Crippen molar-refractivity contribution in [3.8, 4) is 11.3 Å². The Labute approximate surface area is 152 Å². The highest BCUT2D eigenvalue weighted by molar-refractivity contribution is 5.78. The number of nitrogens with one attached hydrogen (secondary N) is 1. The van der Waals surface area contributed by atoms with Crippen molar-refractivity contribution >= 4 is 17.6 Å². The average molecular weight is 353 g/mol. The Kier molecular flexibility index (Phi) is 4.39. The quantitative estimate of drug-likeness (QED) is 0.710. The largest absolute Gasteiger partial charge is 0.469 e. The number of methoxy groups -OCH3 is 1. The van der Waals surface area contributed by atoms with Gasteiger partial charge in [-0.2, -0.15) is 14.6 Å². The highest BCUT2D eigenvalue weighted by atomic mass is 16.5. The predicted octanol–water partition coefficient (Wildman–Crippen LogP) is 3.18. The van der Waals surface area contributed by atoms with Crippen LogP contribution in [0.5, 0.6) is 0 Å². The van der Waals surface area contributed by atoms with Crippen LogP contribution >= 0.6 is 0 Å². The van der Waals surface area contributed by atoms with Crippen molar-refractivity contribution in [2.45, 2.75) is 33.2 Å². The molecule has 0 aliphatic heterocycles. The minimum absolute atomic E-state index is 0.290. The van der Waals surface area contributed by atoms with E-state index in [1.165, 1.54) is 13.4 Å². The van der Waals surface area contributed by atoms with E-state index in [2.05, 4.69) is 20.4 Å². The van der Waals surface area contributed by atoms with Crippen molar-refractivity contribution in [1.29, 1.82) is 0 Å². The molecule has 0 saturated heterocycles. The van der Waals surface area contributed by atoms with Gasteiger partial charge in [-0.15, -0.1) is 0 Å². The van der Waals surface area contributed by atoms with Gasteiger partial charge in [-0.05, 0) is 27.7 Å². The van der Waals surface area contributed by atoms with Gasteiger partial charge in [-0.3, -0.25) is 4.79 Å². The van der Waals surface area contributed by atoms with Crippen molar-refractivity contribution in [2.75, 3.05) is 12.4 Å². The SMILES string of the molecule is COC(=O)C(C)(C)C(C)(C)Nc1cc(-c2ccccc2)nc2ncnn12. The fourth-order valence-corrected chi connectivity index (χ4v) is 2.64. The third kappa shape index (κ3) is 3.00. The van der Waals surface area contributed by atoms with Crippen LogP contribution in [0.25, 0.3) is 17.0 Å². The molecule has 0 aliphatic rings. The van der Waals surface area contributed by atoms with Gasteiger partial charge in [-0.25, -0.2) is 4.98 Å². The smallest absolute Gasteiger partial charge is 0.313 e. The molecule has 7 heteroatoms. The Bertz CT molecular complexity index is 932. The molecule has 0 unspecified atom stereocenters. The molecule has 0 atom stereocenters. The second-order valence-corrected chi connectivity index (χ2v) is 7.23. The number of fused-ring (bicyclic) bond motifs is 1. The molecule has 0 radical (unpaired) electrons. The van der Waals surface area contributed by atoms with Crippen LogP contribution < -0.4 is 5.32 Å². The molecule has 3 rings (SSSR count). The standard InChI is InChI=1S/C19H23N5O2/c1-18(2,16(25)26-5)19(3,4)23-15-11-14(13-9-7-6-8-10-13)22-17-20-12-21-24(15)17/h6-12,23H,1-5H3. The first-order chi connectivity index (χ1) is 12.3. The molecule has 0 amide bonds. The van der Waals surface area contributed by atoms with Crippen molar-refractivity contribution in [3.63, 3.8) is 0 Å². The third-order valence-corrected chi connectivity index (χ3v) is 5.02. The lowest BCUT2D eigenvalue weighted by Gasteiger charge is -2.40. The van der Waals surface area contributed by atoms with Gasteiger partial charge in [0, 0.05) is 17.2 Å². The van der Waals surface area contributed by atoms with Crippen LogP contribution in [0.3, 0.4) is 0 Å². The number of anilines is 1. The molecular formula is C19H23N5O2. The number of rotatable bonds is 5. The Morgan fingerprint density at radius 3 is 2.50 bits per heavy atom. The van der Waals surface area contributed by atoms with E-state index in [4.69, 9.17) is 4.74 Å². The lowest BCUT2D eigenvalue weighted by Crippen LogP contribution is -2.51. The molecule has 0 spiro atoms. The summed E-state index contributed by atoms with van der Waals surface area (Å²) in [5.74, 6) is 0.899. The summed E-state index contributed by atoms with van der Waals surface area (Å²) in [5.41, 5.74) is 0.366. The molecule has 26 heavy (non-hydrogen) atoms. The number of esters is 1. The maximum Gasteiger partial charge on any atom is 0.313 e. The van der Waals surface area contributed by atoms with Crippen molar-refractivity contribution in [1.82, 2.24) is 19.6 Å². The summed E-state index contributed by atoms with van der Waals surface area (Å²) in [5, 5.41) is 7.68. The van der Waals surface area contributed by atoms with Gasteiger partial charge >= 0.3 is 5.97 Å². The molecule has 1 aromatic carbocycles. The first kappa shape index (κ1) is 17.8. The minimum atomic E-state index is -0.773. The summed E-state index contributed by atoms with van der Waals surface area (Å²) in [6.07, 6.45) is 1.46. The molecule has 0 bridgehead atoms. The fraction of sp³-hybridized carbons (Fsp3) is 0.368.